The summed E-state index contributed by atoms with van der Waals surface area (Å²) < 4.78 is 0. The van der Waals surface area contributed by atoms with Gasteiger partial charge in [-0.1, -0.05) is 64.6 Å². The van der Waals surface area contributed by atoms with E-state index in [4.69, 9.17) is 0 Å². The minimum absolute atomic E-state index is 0.245. The molecular weight excluding hydrogens is 148 g/mol. The van der Waals surface area contributed by atoms with Gasteiger partial charge in [0.15, 0.2) is 0 Å². The Morgan fingerprint density at radius 1 is 0.818 bits per heavy atom. The van der Waals surface area contributed by atoms with Crippen LogP contribution in [0.2, 0.25) is 18.6 Å². The van der Waals surface area contributed by atoms with Crippen LogP contribution in [0.4, 0.5) is 0 Å². The first kappa shape index (κ1) is 11.2. The molecule has 0 aromatic heterocycles. The molecule has 0 bridgehead atoms. The van der Waals surface area contributed by atoms with Gasteiger partial charge >= 0.3 is 0 Å². The van der Waals surface area contributed by atoms with Crippen molar-refractivity contribution >= 4 is 8.80 Å². The molecule has 0 saturated heterocycles. The van der Waals surface area contributed by atoms with Gasteiger partial charge in [0.2, 0.25) is 0 Å². The highest BCUT2D eigenvalue weighted by Gasteiger charge is 2.00. The normalized spacial score (nSPS) is 13.4. The molecule has 1 unspecified atom stereocenters. The summed E-state index contributed by atoms with van der Waals surface area (Å²) in [5.41, 5.74) is 0. The van der Waals surface area contributed by atoms with E-state index in [9.17, 15) is 0 Å². The van der Waals surface area contributed by atoms with Crippen LogP contribution in [0, 0.1) is 0 Å². The number of unbranched alkanes of at least 4 members (excludes halogenated alkanes) is 3. The van der Waals surface area contributed by atoms with Gasteiger partial charge in [0.05, 0.1) is 0 Å². The molecule has 11 heavy (non-hydrogen) atoms. The van der Waals surface area contributed by atoms with Crippen molar-refractivity contribution in [3.05, 3.63) is 0 Å². The lowest BCUT2D eigenvalue weighted by molar-refractivity contribution is 0.697. The molecule has 0 saturated carbocycles. The van der Waals surface area contributed by atoms with Crippen molar-refractivity contribution in [3.63, 3.8) is 0 Å². The predicted octanol–water partition coefficient (Wildman–Crippen LogP) is 3.83. The minimum atomic E-state index is -0.245. The van der Waals surface area contributed by atoms with Crippen molar-refractivity contribution in [2.45, 2.75) is 64.6 Å². The SMILES string of the molecule is CCCCCC[SiH](C)CCC. The van der Waals surface area contributed by atoms with Crippen molar-refractivity contribution in [1.82, 2.24) is 0 Å². The summed E-state index contributed by atoms with van der Waals surface area (Å²) in [6, 6.07) is 3.15. The third-order valence-electron chi connectivity index (χ3n) is 2.33. The molecule has 0 rings (SSSR count). The minimum Gasteiger partial charge on any atom is -0.0720 e. The van der Waals surface area contributed by atoms with Crippen LogP contribution in [0.15, 0.2) is 0 Å². The first-order chi connectivity index (χ1) is 5.31. The fourth-order valence-corrected chi connectivity index (χ4v) is 3.82. The van der Waals surface area contributed by atoms with Crippen LogP contribution in [0.25, 0.3) is 0 Å². The van der Waals surface area contributed by atoms with Gasteiger partial charge in [-0.05, 0) is 0 Å². The second-order valence-electron chi connectivity index (χ2n) is 3.74. The first-order valence-corrected chi connectivity index (χ1v) is 8.10. The van der Waals surface area contributed by atoms with E-state index < -0.39 is 0 Å². The molecule has 0 aliphatic rings. The fourth-order valence-electron chi connectivity index (χ4n) is 1.56. The Hall–Kier alpha value is 0.217. The molecule has 68 valence electrons. The molecule has 0 nitrogen and oxygen atoms in total. The van der Waals surface area contributed by atoms with Gasteiger partial charge in [0.1, 0.15) is 0 Å². The summed E-state index contributed by atoms with van der Waals surface area (Å²) >= 11 is 0. The lowest BCUT2D eigenvalue weighted by Gasteiger charge is -2.06. The van der Waals surface area contributed by atoms with E-state index in [0.29, 0.717) is 0 Å². The Morgan fingerprint density at radius 2 is 1.55 bits per heavy atom. The summed E-state index contributed by atoms with van der Waals surface area (Å²) in [6.45, 7) is 7.12. The van der Waals surface area contributed by atoms with Crippen LogP contribution in [0.3, 0.4) is 0 Å². The summed E-state index contributed by atoms with van der Waals surface area (Å²) in [6.07, 6.45) is 7.25. The molecule has 0 spiro atoms. The van der Waals surface area contributed by atoms with Crippen LogP contribution in [0.5, 0.6) is 0 Å². The Bertz CT molecular complexity index is 71.3. The monoisotopic (exact) mass is 172 g/mol. The van der Waals surface area contributed by atoms with Gasteiger partial charge in [-0.3, -0.25) is 0 Å². The Labute approximate surface area is 74.0 Å². The van der Waals surface area contributed by atoms with Gasteiger partial charge in [-0.2, -0.15) is 0 Å². The van der Waals surface area contributed by atoms with Gasteiger partial charge < -0.3 is 0 Å². The molecule has 0 N–H and O–H groups in total. The van der Waals surface area contributed by atoms with E-state index in [2.05, 4.69) is 20.4 Å². The molecule has 0 radical (unpaired) electrons. The van der Waals surface area contributed by atoms with Crippen LogP contribution in [-0.4, -0.2) is 8.80 Å². The smallest absolute Gasteiger partial charge is 0.0336 e. The highest BCUT2D eigenvalue weighted by atomic mass is 28.3. The van der Waals surface area contributed by atoms with E-state index >= 15 is 0 Å². The molecule has 1 heteroatoms. The van der Waals surface area contributed by atoms with E-state index in [1.807, 2.05) is 0 Å². The molecule has 0 amide bonds. The second-order valence-corrected chi connectivity index (χ2v) is 7.11. The van der Waals surface area contributed by atoms with Crippen molar-refractivity contribution in [3.8, 4) is 0 Å². The number of hydrogen-bond acceptors (Lipinski definition) is 0. The van der Waals surface area contributed by atoms with Crippen LogP contribution < -0.4 is 0 Å². The topological polar surface area (TPSA) is 0 Å². The fraction of sp³-hybridized carbons (Fsp3) is 1.00. The van der Waals surface area contributed by atoms with Gasteiger partial charge in [-0.15, -0.1) is 0 Å². The molecule has 0 aliphatic carbocycles. The number of rotatable bonds is 7. The van der Waals surface area contributed by atoms with E-state index in [1.165, 1.54) is 32.1 Å². The zero-order valence-electron chi connectivity index (χ0n) is 8.53. The third-order valence-corrected chi connectivity index (χ3v) is 5.29. The zero-order valence-corrected chi connectivity index (χ0v) is 9.68. The Morgan fingerprint density at radius 3 is 2.09 bits per heavy atom. The third kappa shape index (κ3) is 8.12. The first-order valence-electron chi connectivity index (χ1n) is 5.31. The average molecular weight is 172 g/mol. The highest BCUT2D eigenvalue weighted by Crippen LogP contribution is 2.09. The number of hydrogen-bond donors (Lipinski definition) is 0. The van der Waals surface area contributed by atoms with Crippen LogP contribution in [-0.2, 0) is 0 Å². The Kier molecular flexibility index (Phi) is 8.48. The predicted molar refractivity (Wildman–Crippen MR) is 57.1 cm³/mol. The molecule has 0 fully saturated rings. The zero-order chi connectivity index (χ0) is 8.53. The summed E-state index contributed by atoms with van der Waals surface area (Å²) in [4.78, 5) is 0. The molecular formula is C10H24Si. The summed E-state index contributed by atoms with van der Waals surface area (Å²) in [7, 11) is -0.245. The summed E-state index contributed by atoms with van der Waals surface area (Å²) in [5, 5.41) is 0. The van der Waals surface area contributed by atoms with Gasteiger partial charge in [-0.25, -0.2) is 0 Å². The lowest BCUT2D eigenvalue weighted by atomic mass is 10.2. The van der Waals surface area contributed by atoms with E-state index in [0.717, 1.165) is 0 Å². The van der Waals surface area contributed by atoms with Crippen molar-refractivity contribution in [2.24, 2.45) is 0 Å². The van der Waals surface area contributed by atoms with Crippen LogP contribution >= 0.6 is 0 Å². The Balaban J connectivity index is 2.97. The molecule has 0 aromatic carbocycles. The van der Waals surface area contributed by atoms with Gasteiger partial charge in [0, 0.05) is 8.80 Å². The summed E-state index contributed by atoms with van der Waals surface area (Å²) in [5.74, 6) is 0. The average Bonchev–Trinajstić information content (AvgIpc) is 1.99. The van der Waals surface area contributed by atoms with E-state index in [-0.39, 0.29) is 8.80 Å². The quantitative estimate of drug-likeness (QED) is 0.404. The van der Waals surface area contributed by atoms with Crippen molar-refractivity contribution in [1.29, 1.82) is 0 Å². The van der Waals surface area contributed by atoms with Crippen molar-refractivity contribution in [2.75, 3.05) is 0 Å². The molecule has 1 atom stereocenters. The molecule has 0 aromatic rings. The second kappa shape index (κ2) is 8.31. The maximum Gasteiger partial charge on any atom is 0.0336 e. The van der Waals surface area contributed by atoms with Crippen molar-refractivity contribution < 1.29 is 0 Å². The maximum absolute atomic E-state index is 2.52. The lowest BCUT2D eigenvalue weighted by Crippen LogP contribution is -2.04. The van der Waals surface area contributed by atoms with E-state index in [1.54, 1.807) is 12.1 Å². The molecule has 0 aliphatic heterocycles. The van der Waals surface area contributed by atoms with Crippen LogP contribution in [0.1, 0.15) is 46.0 Å². The maximum atomic E-state index is 2.52. The molecule has 0 heterocycles. The standard InChI is InChI=1S/C10H24Si/c1-4-6-7-8-10-11(3)9-5-2/h11H,4-10H2,1-3H3. The highest BCUT2D eigenvalue weighted by molar-refractivity contribution is 6.57. The largest absolute Gasteiger partial charge is 0.0720 e. The van der Waals surface area contributed by atoms with Gasteiger partial charge in [0.25, 0.3) is 0 Å².